The Morgan fingerprint density at radius 1 is 1.26 bits per heavy atom. The normalized spacial score (nSPS) is 26.3. The summed E-state index contributed by atoms with van der Waals surface area (Å²) in [6.45, 7) is 4.30. The molecule has 1 saturated heterocycles. The summed E-state index contributed by atoms with van der Waals surface area (Å²) in [5.41, 5.74) is 0. The van der Waals surface area contributed by atoms with Gasteiger partial charge >= 0.3 is 0 Å². The van der Waals surface area contributed by atoms with E-state index in [4.69, 9.17) is 0 Å². The number of piperidine rings is 1. The van der Waals surface area contributed by atoms with E-state index < -0.39 is 0 Å². The van der Waals surface area contributed by atoms with E-state index in [1.807, 2.05) is 0 Å². The zero-order valence-corrected chi connectivity index (χ0v) is 11.8. The van der Waals surface area contributed by atoms with E-state index in [2.05, 4.69) is 33.2 Å². The number of nitrogens with zero attached hydrogens (tertiary/aromatic N) is 3. The molecule has 2 heterocycles. The zero-order valence-electron chi connectivity index (χ0n) is 11.8. The predicted octanol–water partition coefficient (Wildman–Crippen LogP) is 3.07. The summed E-state index contributed by atoms with van der Waals surface area (Å²) >= 11 is 0. The molecular formula is C15H24N4. The molecule has 1 aromatic rings. The first kappa shape index (κ1) is 12.7. The molecule has 0 radical (unpaired) electrons. The minimum absolute atomic E-state index is 0.725. The average Bonchev–Trinajstić information content (AvgIpc) is 2.93. The molecule has 19 heavy (non-hydrogen) atoms. The maximum atomic E-state index is 4.51. The highest BCUT2D eigenvalue weighted by atomic mass is 15.2. The Kier molecular flexibility index (Phi) is 3.85. The van der Waals surface area contributed by atoms with Crippen molar-refractivity contribution >= 4 is 11.6 Å². The molecule has 1 aliphatic carbocycles. The maximum Gasteiger partial charge on any atom is 0.134 e. The van der Waals surface area contributed by atoms with E-state index in [0.717, 1.165) is 43.1 Å². The van der Waals surface area contributed by atoms with Gasteiger partial charge in [-0.3, -0.25) is 0 Å². The number of rotatable bonds is 4. The third-order valence-corrected chi connectivity index (χ3v) is 4.50. The Bertz CT molecular complexity index is 420. The molecule has 2 fully saturated rings. The van der Waals surface area contributed by atoms with Gasteiger partial charge < -0.3 is 10.2 Å². The van der Waals surface area contributed by atoms with E-state index >= 15 is 0 Å². The second-order valence-corrected chi connectivity index (χ2v) is 5.78. The third-order valence-electron chi connectivity index (χ3n) is 4.50. The van der Waals surface area contributed by atoms with E-state index in [1.54, 1.807) is 6.33 Å². The van der Waals surface area contributed by atoms with Gasteiger partial charge in [0.15, 0.2) is 0 Å². The summed E-state index contributed by atoms with van der Waals surface area (Å²) in [7, 11) is 0. The Morgan fingerprint density at radius 3 is 3.05 bits per heavy atom. The van der Waals surface area contributed by atoms with E-state index in [0.29, 0.717) is 0 Å². The van der Waals surface area contributed by atoms with Gasteiger partial charge in [0.1, 0.15) is 18.0 Å². The van der Waals surface area contributed by atoms with E-state index in [-0.39, 0.29) is 0 Å². The monoisotopic (exact) mass is 260 g/mol. The van der Waals surface area contributed by atoms with Crippen molar-refractivity contribution in [3.8, 4) is 0 Å². The molecule has 4 nitrogen and oxygen atoms in total. The highest BCUT2D eigenvalue weighted by Crippen LogP contribution is 2.38. The van der Waals surface area contributed by atoms with Gasteiger partial charge in [-0.2, -0.15) is 0 Å². The first-order valence-electron chi connectivity index (χ1n) is 7.71. The predicted molar refractivity (Wildman–Crippen MR) is 78.5 cm³/mol. The highest BCUT2D eigenvalue weighted by molar-refractivity contribution is 5.49. The Balaban J connectivity index is 1.76. The fourth-order valence-electron chi connectivity index (χ4n) is 3.59. The minimum atomic E-state index is 0.725. The van der Waals surface area contributed by atoms with Gasteiger partial charge in [-0.1, -0.05) is 13.3 Å². The topological polar surface area (TPSA) is 41.0 Å². The summed E-state index contributed by atoms with van der Waals surface area (Å²) in [6.07, 6.45) is 9.67. The van der Waals surface area contributed by atoms with E-state index in [9.17, 15) is 0 Å². The molecule has 0 bridgehead atoms. The number of anilines is 2. The van der Waals surface area contributed by atoms with Crippen molar-refractivity contribution in [1.29, 1.82) is 0 Å². The van der Waals surface area contributed by atoms with Crippen LogP contribution >= 0.6 is 0 Å². The van der Waals surface area contributed by atoms with Crippen molar-refractivity contribution in [3.05, 3.63) is 12.4 Å². The molecule has 3 rings (SSSR count). The molecule has 0 amide bonds. The summed E-state index contributed by atoms with van der Waals surface area (Å²) < 4.78 is 0. The standard InChI is InChI=1S/C15H24N4/c1-2-8-16-14-10-15(18-11-17-14)19-9-4-6-12-5-3-7-13(12)19/h10-13H,2-9H2,1H3,(H,16,17,18). The van der Waals surface area contributed by atoms with Gasteiger partial charge in [0.25, 0.3) is 0 Å². The minimum Gasteiger partial charge on any atom is -0.370 e. The van der Waals surface area contributed by atoms with Crippen molar-refractivity contribution in [2.45, 2.75) is 51.5 Å². The van der Waals surface area contributed by atoms with Gasteiger partial charge in [-0.15, -0.1) is 0 Å². The summed E-state index contributed by atoms with van der Waals surface area (Å²) in [5.74, 6) is 2.98. The Hall–Kier alpha value is -1.32. The summed E-state index contributed by atoms with van der Waals surface area (Å²) in [6, 6.07) is 2.85. The second-order valence-electron chi connectivity index (χ2n) is 5.78. The molecule has 1 N–H and O–H groups in total. The van der Waals surface area contributed by atoms with Crippen LogP contribution in [0.3, 0.4) is 0 Å². The fourth-order valence-corrected chi connectivity index (χ4v) is 3.59. The highest BCUT2D eigenvalue weighted by Gasteiger charge is 2.35. The molecule has 104 valence electrons. The van der Waals surface area contributed by atoms with Gasteiger partial charge in [-0.05, 0) is 38.0 Å². The Labute approximate surface area is 115 Å². The van der Waals surface area contributed by atoms with Crippen LogP contribution in [0.5, 0.6) is 0 Å². The van der Waals surface area contributed by atoms with Gasteiger partial charge in [0, 0.05) is 25.2 Å². The van der Waals surface area contributed by atoms with Crippen LogP contribution < -0.4 is 10.2 Å². The Morgan fingerprint density at radius 2 is 2.16 bits per heavy atom. The van der Waals surface area contributed by atoms with Gasteiger partial charge in [0.05, 0.1) is 0 Å². The van der Waals surface area contributed by atoms with Crippen molar-refractivity contribution in [2.75, 3.05) is 23.3 Å². The lowest BCUT2D eigenvalue weighted by Crippen LogP contribution is -2.43. The molecule has 2 unspecified atom stereocenters. The number of hydrogen-bond donors (Lipinski definition) is 1. The quantitative estimate of drug-likeness (QED) is 0.903. The third kappa shape index (κ3) is 2.67. The van der Waals surface area contributed by atoms with Crippen LogP contribution in [-0.4, -0.2) is 29.1 Å². The van der Waals surface area contributed by atoms with Gasteiger partial charge in [-0.25, -0.2) is 9.97 Å². The smallest absolute Gasteiger partial charge is 0.134 e. The van der Waals surface area contributed by atoms with Crippen molar-refractivity contribution < 1.29 is 0 Å². The first-order chi connectivity index (χ1) is 9.38. The number of aromatic nitrogens is 2. The molecule has 0 spiro atoms. The number of hydrogen-bond acceptors (Lipinski definition) is 4. The molecule has 1 aromatic heterocycles. The van der Waals surface area contributed by atoms with Crippen LogP contribution in [0.25, 0.3) is 0 Å². The summed E-state index contributed by atoms with van der Waals surface area (Å²) in [5, 5.41) is 3.36. The van der Waals surface area contributed by atoms with Crippen LogP contribution in [-0.2, 0) is 0 Å². The molecule has 1 saturated carbocycles. The van der Waals surface area contributed by atoms with Crippen LogP contribution in [0.15, 0.2) is 12.4 Å². The first-order valence-corrected chi connectivity index (χ1v) is 7.71. The van der Waals surface area contributed by atoms with Crippen molar-refractivity contribution in [3.63, 3.8) is 0 Å². The maximum absolute atomic E-state index is 4.51. The van der Waals surface area contributed by atoms with Gasteiger partial charge in [0.2, 0.25) is 0 Å². The van der Waals surface area contributed by atoms with Crippen LogP contribution in [0.2, 0.25) is 0 Å². The van der Waals surface area contributed by atoms with Crippen molar-refractivity contribution in [2.24, 2.45) is 5.92 Å². The van der Waals surface area contributed by atoms with Crippen molar-refractivity contribution in [1.82, 2.24) is 9.97 Å². The van der Waals surface area contributed by atoms with Crippen LogP contribution in [0.4, 0.5) is 11.6 Å². The molecule has 0 aromatic carbocycles. The second kappa shape index (κ2) is 5.76. The lowest BCUT2D eigenvalue weighted by Gasteiger charge is -2.38. The lowest BCUT2D eigenvalue weighted by molar-refractivity contribution is 0.360. The zero-order chi connectivity index (χ0) is 13.1. The average molecular weight is 260 g/mol. The summed E-state index contributed by atoms with van der Waals surface area (Å²) in [4.78, 5) is 11.3. The SMILES string of the molecule is CCCNc1cc(N2CCCC3CCCC32)ncn1. The lowest BCUT2D eigenvalue weighted by atomic mass is 9.92. The molecule has 1 aliphatic heterocycles. The molecule has 4 heteroatoms. The molecular weight excluding hydrogens is 236 g/mol. The van der Waals surface area contributed by atoms with Crippen LogP contribution in [0, 0.1) is 5.92 Å². The van der Waals surface area contributed by atoms with E-state index in [1.165, 1.54) is 32.1 Å². The molecule has 2 atom stereocenters. The number of fused-ring (bicyclic) bond motifs is 1. The number of nitrogens with one attached hydrogen (secondary N) is 1. The largest absolute Gasteiger partial charge is 0.370 e. The van der Waals surface area contributed by atoms with Crippen LogP contribution in [0.1, 0.15) is 45.4 Å². The molecule has 2 aliphatic rings. The fraction of sp³-hybridized carbons (Fsp3) is 0.733.